The first kappa shape index (κ1) is 33.2. The normalized spacial score (nSPS) is 11.2. The average molecular weight is 715 g/mol. The van der Waals surface area contributed by atoms with Crippen molar-refractivity contribution >= 4 is 38.9 Å². The lowest BCUT2D eigenvalue weighted by molar-refractivity contribution is 1.18. The van der Waals surface area contributed by atoms with Gasteiger partial charge in [0, 0.05) is 33.5 Å². The van der Waals surface area contributed by atoms with Crippen LogP contribution in [0.3, 0.4) is 0 Å². The molecule has 0 aliphatic carbocycles. The molecule has 10 rings (SSSR count). The molecule has 2 heteroatoms. The van der Waals surface area contributed by atoms with Crippen molar-refractivity contribution in [3.05, 3.63) is 231 Å². The van der Waals surface area contributed by atoms with E-state index in [0.717, 1.165) is 22.7 Å². The Morgan fingerprint density at radius 3 is 1.34 bits per heavy atom. The van der Waals surface area contributed by atoms with Crippen molar-refractivity contribution in [3.8, 4) is 50.2 Å². The van der Waals surface area contributed by atoms with Gasteiger partial charge in [0.1, 0.15) is 0 Å². The summed E-state index contributed by atoms with van der Waals surface area (Å²) in [7, 11) is 0. The highest BCUT2D eigenvalue weighted by Gasteiger charge is 2.19. The van der Waals surface area contributed by atoms with E-state index in [1.165, 1.54) is 66.3 Å². The van der Waals surface area contributed by atoms with E-state index in [1.54, 1.807) is 0 Å². The van der Waals surface area contributed by atoms with Crippen LogP contribution in [0.1, 0.15) is 0 Å². The second kappa shape index (κ2) is 14.4. The summed E-state index contributed by atoms with van der Waals surface area (Å²) < 4.78 is 2.39. The number of fused-ring (bicyclic) bond motifs is 3. The Bertz CT molecular complexity index is 2940. The maximum atomic E-state index is 2.40. The van der Waals surface area contributed by atoms with Crippen LogP contribution in [-0.4, -0.2) is 4.57 Å². The molecule has 0 aliphatic heterocycles. The second-order valence-electron chi connectivity index (χ2n) is 14.1. The van der Waals surface area contributed by atoms with Gasteiger partial charge in [-0.3, -0.25) is 0 Å². The predicted molar refractivity (Wildman–Crippen MR) is 237 cm³/mol. The number of hydrogen-bond acceptors (Lipinski definition) is 1. The van der Waals surface area contributed by atoms with Crippen LogP contribution in [0.15, 0.2) is 231 Å². The zero-order chi connectivity index (χ0) is 37.3. The second-order valence-corrected chi connectivity index (χ2v) is 14.1. The smallest absolute Gasteiger partial charge is 0.0561 e. The third-order valence-corrected chi connectivity index (χ3v) is 10.8. The molecule has 0 atom stereocenters. The fourth-order valence-corrected chi connectivity index (χ4v) is 8.21. The standard InChI is InChI=1S/C54H38N2/c1-4-17-39(18-5-1)47-25-10-11-27-49(47)41-31-33-44(34-32-41)55(45-24-16-21-42(37-45)50-28-13-12-26-48(50)40-19-6-2-7-20-40)46-35-36-52-51-29-14-15-30-53(51)56(54(52)38-46)43-22-8-3-9-23-43/h1-38H. The number of para-hydroxylation sites is 2. The molecule has 0 unspecified atom stereocenters. The monoisotopic (exact) mass is 714 g/mol. The summed E-state index contributed by atoms with van der Waals surface area (Å²) in [6.45, 7) is 0. The van der Waals surface area contributed by atoms with Crippen LogP contribution in [0.5, 0.6) is 0 Å². The molecule has 0 fully saturated rings. The van der Waals surface area contributed by atoms with Gasteiger partial charge in [-0.1, -0.05) is 176 Å². The van der Waals surface area contributed by atoms with Crippen LogP contribution in [-0.2, 0) is 0 Å². The molecular weight excluding hydrogens is 677 g/mol. The zero-order valence-corrected chi connectivity index (χ0v) is 30.8. The fraction of sp³-hybridized carbons (Fsp3) is 0. The summed E-state index contributed by atoms with van der Waals surface area (Å²) in [6.07, 6.45) is 0. The summed E-state index contributed by atoms with van der Waals surface area (Å²) in [5.41, 5.74) is 16.4. The minimum absolute atomic E-state index is 1.08. The van der Waals surface area contributed by atoms with Gasteiger partial charge >= 0.3 is 0 Å². The van der Waals surface area contributed by atoms with Crippen molar-refractivity contribution in [1.29, 1.82) is 0 Å². The van der Waals surface area contributed by atoms with Crippen LogP contribution in [0.25, 0.3) is 72.0 Å². The molecule has 10 aromatic rings. The zero-order valence-electron chi connectivity index (χ0n) is 30.8. The van der Waals surface area contributed by atoms with Gasteiger partial charge in [0.15, 0.2) is 0 Å². The molecule has 2 nitrogen and oxygen atoms in total. The first-order chi connectivity index (χ1) is 27.8. The SMILES string of the molecule is c1ccc(-c2ccccc2-c2ccc(N(c3cccc(-c4ccccc4-c4ccccc4)c3)c3ccc4c5ccccc5n(-c5ccccc5)c4c3)cc2)cc1. The summed E-state index contributed by atoms with van der Waals surface area (Å²) in [5, 5.41) is 2.47. The molecule has 0 radical (unpaired) electrons. The molecular formula is C54H38N2. The highest BCUT2D eigenvalue weighted by molar-refractivity contribution is 6.10. The van der Waals surface area contributed by atoms with E-state index in [-0.39, 0.29) is 0 Å². The third-order valence-electron chi connectivity index (χ3n) is 10.8. The molecule has 0 spiro atoms. The van der Waals surface area contributed by atoms with Gasteiger partial charge in [0.05, 0.1) is 11.0 Å². The lowest BCUT2D eigenvalue weighted by Gasteiger charge is -2.27. The van der Waals surface area contributed by atoms with Crippen molar-refractivity contribution in [2.45, 2.75) is 0 Å². The first-order valence-electron chi connectivity index (χ1n) is 19.2. The maximum Gasteiger partial charge on any atom is 0.0561 e. The van der Waals surface area contributed by atoms with Crippen molar-refractivity contribution in [1.82, 2.24) is 4.57 Å². The van der Waals surface area contributed by atoms with Crippen LogP contribution < -0.4 is 4.90 Å². The minimum Gasteiger partial charge on any atom is -0.310 e. The fourth-order valence-electron chi connectivity index (χ4n) is 8.21. The topological polar surface area (TPSA) is 8.17 Å². The molecule has 1 aromatic heterocycles. The van der Waals surface area contributed by atoms with Crippen LogP contribution >= 0.6 is 0 Å². The molecule has 0 saturated heterocycles. The van der Waals surface area contributed by atoms with E-state index in [2.05, 4.69) is 240 Å². The third kappa shape index (κ3) is 6.04. The average Bonchev–Trinajstić information content (AvgIpc) is 3.61. The van der Waals surface area contributed by atoms with Crippen LogP contribution in [0, 0.1) is 0 Å². The lowest BCUT2D eigenvalue weighted by Crippen LogP contribution is -2.10. The predicted octanol–water partition coefficient (Wildman–Crippen LogP) is 14.9. The number of hydrogen-bond donors (Lipinski definition) is 0. The largest absolute Gasteiger partial charge is 0.310 e. The van der Waals surface area contributed by atoms with E-state index < -0.39 is 0 Å². The van der Waals surface area contributed by atoms with E-state index >= 15 is 0 Å². The molecule has 0 amide bonds. The highest BCUT2D eigenvalue weighted by Crippen LogP contribution is 2.42. The molecule has 0 saturated carbocycles. The first-order valence-corrected chi connectivity index (χ1v) is 19.2. The van der Waals surface area contributed by atoms with Gasteiger partial charge in [-0.05, 0) is 99.1 Å². The van der Waals surface area contributed by atoms with E-state index in [4.69, 9.17) is 0 Å². The summed E-state index contributed by atoms with van der Waals surface area (Å²) in [4.78, 5) is 2.40. The molecule has 0 N–H and O–H groups in total. The Morgan fingerprint density at radius 1 is 0.268 bits per heavy atom. The Balaban J connectivity index is 1.15. The van der Waals surface area contributed by atoms with Gasteiger partial charge in [-0.2, -0.15) is 0 Å². The van der Waals surface area contributed by atoms with Crippen LogP contribution in [0.2, 0.25) is 0 Å². The van der Waals surface area contributed by atoms with Crippen molar-refractivity contribution in [2.24, 2.45) is 0 Å². The van der Waals surface area contributed by atoms with Gasteiger partial charge in [0.2, 0.25) is 0 Å². The van der Waals surface area contributed by atoms with Gasteiger partial charge in [-0.15, -0.1) is 0 Å². The summed E-state index contributed by atoms with van der Waals surface area (Å²) in [5.74, 6) is 0. The minimum atomic E-state index is 1.08. The van der Waals surface area contributed by atoms with Gasteiger partial charge < -0.3 is 9.47 Å². The lowest BCUT2D eigenvalue weighted by atomic mass is 9.94. The number of aromatic nitrogens is 1. The van der Waals surface area contributed by atoms with Crippen molar-refractivity contribution in [2.75, 3.05) is 4.90 Å². The van der Waals surface area contributed by atoms with Crippen molar-refractivity contribution in [3.63, 3.8) is 0 Å². The quantitative estimate of drug-likeness (QED) is 0.152. The molecule has 56 heavy (non-hydrogen) atoms. The Hall–Kier alpha value is -7.42. The van der Waals surface area contributed by atoms with Gasteiger partial charge in [-0.25, -0.2) is 0 Å². The highest BCUT2D eigenvalue weighted by atomic mass is 15.1. The van der Waals surface area contributed by atoms with E-state index in [9.17, 15) is 0 Å². The number of benzene rings is 9. The van der Waals surface area contributed by atoms with Crippen LogP contribution in [0.4, 0.5) is 17.1 Å². The van der Waals surface area contributed by atoms with E-state index in [1.807, 2.05) is 0 Å². The molecule has 1 heterocycles. The van der Waals surface area contributed by atoms with Crippen molar-refractivity contribution < 1.29 is 0 Å². The Labute approximate surface area is 327 Å². The summed E-state index contributed by atoms with van der Waals surface area (Å²) in [6, 6.07) is 83.0. The number of rotatable bonds is 8. The number of nitrogens with zero attached hydrogens (tertiary/aromatic N) is 2. The molecule has 264 valence electrons. The van der Waals surface area contributed by atoms with Gasteiger partial charge in [0.25, 0.3) is 0 Å². The summed E-state index contributed by atoms with van der Waals surface area (Å²) >= 11 is 0. The Kier molecular flexibility index (Phi) is 8.55. The molecule has 0 bridgehead atoms. The molecule has 9 aromatic carbocycles. The molecule has 0 aliphatic rings. The maximum absolute atomic E-state index is 2.40. The Morgan fingerprint density at radius 2 is 0.714 bits per heavy atom. The van der Waals surface area contributed by atoms with E-state index in [0.29, 0.717) is 0 Å². The number of anilines is 3.